The normalized spacial score (nSPS) is 10.2. The lowest BCUT2D eigenvalue weighted by Crippen LogP contribution is -1.99. The summed E-state index contributed by atoms with van der Waals surface area (Å²) in [6.07, 6.45) is 0. The maximum atomic E-state index is 9.23. The predicted molar refractivity (Wildman–Crippen MR) is 77.0 cm³/mol. The van der Waals surface area contributed by atoms with Crippen molar-refractivity contribution in [2.75, 3.05) is 0 Å². The maximum Gasteiger partial charge on any atom is 0.137 e. The summed E-state index contributed by atoms with van der Waals surface area (Å²) < 4.78 is 0. The van der Waals surface area contributed by atoms with Gasteiger partial charge in [-0.2, -0.15) is 10.4 Å². The monoisotopic (exact) mass is 269 g/mol. The highest BCUT2D eigenvalue weighted by Gasteiger charge is 2.11. The third kappa shape index (κ3) is 3.12. The first-order valence-corrected chi connectivity index (χ1v) is 7.02. The molecule has 96 valence electrons. The molecule has 0 radical (unpaired) electrons. The topological polar surface area (TPSA) is 49.6 Å². The van der Waals surface area contributed by atoms with E-state index < -0.39 is 0 Å². The molecule has 0 aliphatic rings. The zero-order valence-electron chi connectivity index (χ0n) is 11.3. The van der Waals surface area contributed by atoms with Crippen LogP contribution >= 0.6 is 11.8 Å². The molecular weight excluding hydrogens is 254 g/mol. The van der Waals surface area contributed by atoms with E-state index in [1.165, 1.54) is 11.1 Å². The molecule has 0 saturated carbocycles. The Balaban J connectivity index is 2.21. The van der Waals surface area contributed by atoms with Gasteiger partial charge in [0.05, 0.1) is 11.3 Å². The van der Waals surface area contributed by atoms with E-state index in [9.17, 15) is 5.26 Å². The number of benzene rings is 1. The van der Waals surface area contributed by atoms with Gasteiger partial charge in [0.25, 0.3) is 0 Å². The molecule has 0 bridgehead atoms. The van der Waals surface area contributed by atoms with Gasteiger partial charge in [0.1, 0.15) is 11.1 Å². The highest BCUT2D eigenvalue weighted by atomic mass is 32.2. The van der Waals surface area contributed by atoms with E-state index >= 15 is 0 Å². The highest BCUT2D eigenvalue weighted by Crippen LogP contribution is 2.26. The molecule has 0 unspecified atom stereocenters. The van der Waals surface area contributed by atoms with Gasteiger partial charge >= 0.3 is 0 Å². The zero-order chi connectivity index (χ0) is 13.8. The van der Waals surface area contributed by atoms with Crippen LogP contribution in [0.3, 0.4) is 0 Å². The van der Waals surface area contributed by atoms with Crippen LogP contribution in [0.4, 0.5) is 0 Å². The fraction of sp³-hybridized carbons (Fsp3) is 0.267. The second-order valence-electron chi connectivity index (χ2n) is 4.48. The Labute approximate surface area is 117 Å². The SMILES string of the molecule is Cc1cccc(CSc2nnc(C)c(C)c2C#N)c1. The van der Waals surface area contributed by atoms with Gasteiger partial charge in [0.15, 0.2) is 0 Å². The number of rotatable bonds is 3. The van der Waals surface area contributed by atoms with Crippen molar-refractivity contribution < 1.29 is 0 Å². The third-order valence-corrected chi connectivity index (χ3v) is 4.03. The van der Waals surface area contributed by atoms with Crippen LogP contribution in [-0.4, -0.2) is 10.2 Å². The molecule has 1 heterocycles. The van der Waals surface area contributed by atoms with E-state index in [2.05, 4.69) is 41.4 Å². The number of nitrogens with zero attached hydrogens (tertiary/aromatic N) is 3. The maximum absolute atomic E-state index is 9.23. The smallest absolute Gasteiger partial charge is 0.137 e. The van der Waals surface area contributed by atoms with Crippen molar-refractivity contribution in [3.8, 4) is 6.07 Å². The molecule has 1 aromatic heterocycles. The van der Waals surface area contributed by atoms with E-state index in [1.807, 2.05) is 19.9 Å². The Hall–Kier alpha value is -1.86. The molecule has 1 aromatic carbocycles. The molecule has 0 saturated heterocycles. The number of hydrogen-bond acceptors (Lipinski definition) is 4. The van der Waals surface area contributed by atoms with Crippen LogP contribution in [0.2, 0.25) is 0 Å². The highest BCUT2D eigenvalue weighted by molar-refractivity contribution is 7.98. The van der Waals surface area contributed by atoms with Gasteiger partial charge in [0.2, 0.25) is 0 Å². The number of thioether (sulfide) groups is 1. The second-order valence-corrected chi connectivity index (χ2v) is 5.44. The minimum Gasteiger partial charge on any atom is -0.192 e. The average Bonchev–Trinajstić information content (AvgIpc) is 2.40. The van der Waals surface area contributed by atoms with Crippen molar-refractivity contribution in [3.05, 3.63) is 52.2 Å². The van der Waals surface area contributed by atoms with Crippen LogP contribution in [-0.2, 0) is 5.75 Å². The summed E-state index contributed by atoms with van der Waals surface area (Å²) in [6.45, 7) is 5.86. The average molecular weight is 269 g/mol. The van der Waals surface area contributed by atoms with Crippen molar-refractivity contribution in [2.45, 2.75) is 31.6 Å². The van der Waals surface area contributed by atoms with Gasteiger partial charge in [-0.1, -0.05) is 41.6 Å². The zero-order valence-corrected chi connectivity index (χ0v) is 12.1. The fourth-order valence-electron chi connectivity index (χ4n) is 1.77. The summed E-state index contributed by atoms with van der Waals surface area (Å²) in [5, 5.41) is 18.2. The standard InChI is InChI=1S/C15H15N3S/c1-10-5-4-6-13(7-10)9-19-15-14(8-16)11(2)12(3)17-18-15/h4-7H,9H2,1-3H3. The van der Waals surface area contributed by atoms with E-state index in [0.29, 0.717) is 10.6 Å². The van der Waals surface area contributed by atoms with E-state index in [-0.39, 0.29) is 0 Å². The minimum absolute atomic E-state index is 0.644. The lowest BCUT2D eigenvalue weighted by Gasteiger charge is -2.07. The van der Waals surface area contributed by atoms with Crippen molar-refractivity contribution in [2.24, 2.45) is 0 Å². The lowest BCUT2D eigenvalue weighted by molar-refractivity contribution is 0.871. The molecule has 3 nitrogen and oxygen atoms in total. The quantitative estimate of drug-likeness (QED) is 0.799. The van der Waals surface area contributed by atoms with E-state index in [1.54, 1.807) is 11.8 Å². The van der Waals surface area contributed by atoms with Crippen LogP contribution < -0.4 is 0 Å². The predicted octanol–water partition coefficient (Wildman–Crippen LogP) is 3.57. The molecule has 0 amide bonds. The number of hydrogen-bond donors (Lipinski definition) is 0. The van der Waals surface area contributed by atoms with Crippen LogP contribution in [0.1, 0.15) is 27.9 Å². The van der Waals surface area contributed by atoms with Crippen LogP contribution in [0.15, 0.2) is 29.3 Å². The Morgan fingerprint density at radius 3 is 2.68 bits per heavy atom. The largest absolute Gasteiger partial charge is 0.192 e. The molecule has 4 heteroatoms. The van der Waals surface area contributed by atoms with Crippen molar-refractivity contribution >= 4 is 11.8 Å². The molecule has 0 fully saturated rings. The molecule has 19 heavy (non-hydrogen) atoms. The summed E-state index contributed by atoms with van der Waals surface area (Å²) in [7, 11) is 0. The van der Waals surface area contributed by atoms with Gasteiger partial charge < -0.3 is 0 Å². The van der Waals surface area contributed by atoms with E-state index in [4.69, 9.17) is 0 Å². The van der Waals surface area contributed by atoms with Crippen LogP contribution in [0.5, 0.6) is 0 Å². The summed E-state index contributed by atoms with van der Waals surface area (Å²) in [5.74, 6) is 0.799. The Morgan fingerprint density at radius 1 is 1.21 bits per heavy atom. The van der Waals surface area contributed by atoms with Crippen LogP contribution in [0, 0.1) is 32.1 Å². The number of aryl methyl sites for hydroxylation is 2. The van der Waals surface area contributed by atoms with Crippen molar-refractivity contribution in [1.29, 1.82) is 5.26 Å². The van der Waals surface area contributed by atoms with Gasteiger partial charge in [-0.25, -0.2) is 0 Å². The van der Waals surface area contributed by atoms with Gasteiger partial charge in [0, 0.05) is 5.75 Å². The van der Waals surface area contributed by atoms with Gasteiger partial charge in [-0.15, -0.1) is 5.10 Å². The van der Waals surface area contributed by atoms with Crippen molar-refractivity contribution in [3.63, 3.8) is 0 Å². The molecule has 0 N–H and O–H groups in total. The molecular formula is C15H15N3S. The first kappa shape index (κ1) is 13.6. The lowest BCUT2D eigenvalue weighted by atomic mass is 10.1. The van der Waals surface area contributed by atoms with Crippen molar-refractivity contribution in [1.82, 2.24) is 10.2 Å². The summed E-state index contributed by atoms with van der Waals surface area (Å²) in [4.78, 5) is 0. The number of aromatic nitrogens is 2. The molecule has 0 atom stereocenters. The fourth-order valence-corrected chi connectivity index (χ4v) is 2.70. The summed E-state index contributed by atoms with van der Waals surface area (Å²) in [6, 6.07) is 10.6. The summed E-state index contributed by atoms with van der Waals surface area (Å²) >= 11 is 1.56. The van der Waals surface area contributed by atoms with Gasteiger partial charge in [-0.05, 0) is 31.9 Å². The Bertz CT molecular complexity index is 644. The Kier molecular flexibility index (Phi) is 4.18. The molecule has 0 aliphatic heterocycles. The van der Waals surface area contributed by atoms with Gasteiger partial charge in [-0.3, -0.25) is 0 Å². The number of nitriles is 1. The molecule has 2 aromatic rings. The minimum atomic E-state index is 0.644. The summed E-state index contributed by atoms with van der Waals surface area (Å²) in [5.41, 5.74) is 4.85. The third-order valence-electron chi connectivity index (χ3n) is 2.99. The second kappa shape index (κ2) is 5.85. The Morgan fingerprint density at radius 2 is 2.00 bits per heavy atom. The van der Waals surface area contributed by atoms with E-state index in [0.717, 1.165) is 17.0 Å². The molecule has 0 aliphatic carbocycles. The first-order valence-electron chi connectivity index (χ1n) is 6.04. The van der Waals surface area contributed by atoms with Crippen LogP contribution in [0.25, 0.3) is 0 Å². The molecule has 0 spiro atoms. The molecule has 2 rings (SSSR count). The first-order chi connectivity index (χ1) is 9.11.